The largest absolute Gasteiger partial charge is 0.347 e. The molecule has 0 saturated heterocycles. The second-order valence-corrected chi connectivity index (χ2v) is 11.9. The number of amides is 3. The van der Waals surface area contributed by atoms with E-state index in [0.29, 0.717) is 18.7 Å². The van der Waals surface area contributed by atoms with Crippen LogP contribution in [0.3, 0.4) is 0 Å². The highest BCUT2D eigenvalue weighted by Gasteiger charge is 2.43. The Morgan fingerprint density at radius 1 is 1.03 bits per heavy atom. The summed E-state index contributed by atoms with van der Waals surface area (Å²) in [6, 6.07) is 14.9. The van der Waals surface area contributed by atoms with Crippen molar-refractivity contribution in [1.82, 2.24) is 15.1 Å². The fourth-order valence-electron chi connectivity index (χ4n) is 4.24. The van der Waals surface area contributed by atoms with E-state index >= 15 is 0 Å². The van der Waals surface area contributed by atoms with Crippen LogP contribution in [-0.4, -0.2) is 46.5 Å². The summed E-state index contributed by atoms with van der Waals surface area (Å²) in [6.07, 6.45) is 0.701. The van der Waals surface area contributed by atoms with Gasteiger partial charge in [-0.25, -0.2) is 13.3 Å². The van der Waals surface area contributed by atoms with Crippen LogP contribution >= 0.6 is 0 Å². The quantitative estimate of drug-likeness (QED) is 0.447. The molecule has 204 valence electrons. The molecule has 0 unspecified atom stereocenters. The molecule has 2 heterocycles. The lowest BCUT2D eigenvalue weighted by atomic mass is 10.0. The van der Waals surface area contributed by atoms with Gasteiger partial charge in [-0.1, -0.05) is 49.4 Å². The van der Waals surface area contributed by atoms with Gasteiger partial charge < -0.3 is 5.32 Å². The maximum Gasteiger partial charge on any atom is 0.297 e. The summed E-state index contributed by atoms with van der Waals surface area (Å²) in [7, 11) is -4.39. The van der Waals surface area contributed by atoms with Crippen LogP contribution in [0.15, 0.2) is 64.6 Å². The van der Waals surface area contributed by atoms with Crippen molar-refractivity contribution < 1.29 is 22.8 Å². The molecule has 0 saturated carbocycles. The molecule has 39 heavy (non-hydrogen) atoms. The monoisotopic (exact) mass is 550 g/mol. The summed E-state index contributed by atoms with van der Waals surface area (Å²) >= 11 is 0. The number of carbonyl (C=O) groups is 3. The number of hydrogen-bond acceptors (Lipinski definition) is 8. The first-order chi connectivity index (χ1) is 18.4. The van der Waals surface area contributed by atoms with E-state index in [9.17, 15) is 22.8 Å². The number of carbonyl (C=O) groups excluding carboxylic acids is 3. The molecule has 12 heteroatoms. The molecular formula is C27H30N6O5S. The number of aryl methyl sites for hydroxylation is 1. The molecule has 1 aliphatic heterocycles. The van der Waals surface area contributed by atoms with Crippen LogP contribution in [-0.2, 0) is 26.0 Å². The fourth-order valence-corrected chi connectivity index (χ4v) is 5.63. The minimum Gasteiger partial charge on any atom is -0.347 e. The lowest BCUT2D eigenvalue weighted by Gasteiger charge is -2.26. The predicted molar refractivity (Wildman–Crippen MR) is 148 cm³/mol. The first kappa shape index (κ1) is 27.7. The summed E-state index contributed by atoms with van der Waals surface area (Å²) in [4.78, 5) is 39.6. The number of hydrazone groups is 1. The van der Waals surface area contributed by atoms with Gasteiger partial charge in [0.1, 0.15) is 5.56 Å². The Morgan fingerprint density at radius 2 is 1.67 bits per heavy atom. The van der Waals surface area contributed by atoms with E-state index in [1.165, 1.54) is 24.3 Å². The second-order valence-electron chi connectivity index (χ2n) is 10.0. The number of para-hydroxylation sites is 1. The summed E-state index contributed by atoms with van der Waals surface area (Å²) in [5.74, 6) is -2.27. The zero-order valence-electron chi connectivity index (χ0n) is 22.3. The third kappa shape index (κ3) is 5.32. The van der Waals surface area contributed by atoms with Crippen molar-refractivity contribution in [2.45, 2.75) is 58.0 Å². The standard InChI is InChI=1S/C27H30N6O5S/c1-6-16-32-22(18-12-8-7-9-13-18)21(24(35)28-27(3,4)5)23(31-32)29-30-25-26(36)33(17(2)34)19-14-10-11-15-20(19)39(25,37)38/h7-15H,6,16H2,1-5H3,(H,28,35)(H,29,31). The number of aromatic nitrogens is 2. The summed E-state index contributed by atoms with van der Waals surface area (Å²) in [5.41, 5.74) is 3.31. The van der Waals surface area contributed by atoms with Crippen molar-refractivity contribution in [3.05, 3.63) is 60.2 Å². The number of anilines is 2. The number of nitrogens with one attached hydrogen (secondary N) is 2. The summed E-state index contributed by atoms with van der Waals surface area (Å²) < 4.78 is 28.4. The molecule has 0 atom stereocenters. The van der Waals surface area contributed by atoms with Gasteiger partial charge in [0, 0.05) is 24.6 Å². The number of hydrogen-bond donors (Lipinski definition) is 2. The molecule has 0 spiro atoms. The van der Waals surface area contributed by atoms with Gasteiger partial charge in [-0.2, -0.15) is 10.2 Å². The number of sulfone groups is 1. The van der Waals surface area contributed by atoms with Crippen LogP contribution in [0.5, 0.6) is 0 Å². The average Bonchev–Trinajstić information content (AvgIpc) is 3.21. The van der Waals surface area contributed by atoms with E-state index in [0.717, 1.165) is 17.4 Å². The molecule has 0 bridgehead atoms. The third-order valence-corrected chi connectivity index (χ3v) is 7.46. The van der Waals surface area contributed by atoms with Gasteiger partial charge in [-0.3, -0.25) is 24.5 Å². The molecule has 11 nitrogen and oxygen atoms in total. The van der Waals surface area contributed by atoms with Crippen LogP contribution in [0, 0.1) is 0 Å². The molecule has 3 aromatic rings. The van der Waals surface area contributed by atoms with Gasteiger partial charge in [-0.15, -0.1) is 0 Å². The molecule has 0 fully saturated rings. The highest BCUT2D eigenvalue weighted by atomic mass is 32.2. The van der Waals surface area contributed by atoms with Gasteiger partial charge in [0.05, 0.1) is 16.3 Å². The van der Waals surface area contributed by atoms with Crippen LogP contribution in [0.1, 0.15) is 51.4 Å². The van der Waals surface area contributed by atoms with Crippen molar-refractivity contribution in [1.29, 1.82) is 0 Å². The first-order valence-corrected chi connectivity index (χ1v) is 13.9. The topological polar surface area (TPSA) is 143 Å². The Balaban J connectivity index is 1.89. The van der Waals surface area contributed by atoms with Crippen LogP contribution in [0.25, 0.3) is 11.3 Å². The van der Waals surface area contributed by atoms with Crippen LogP contribution < -0.4 is 15.6 Å². The maximum absolute atomic E-state index is 13.5. The Labute approximate surface area is 226 Å². The Kier molecular flexibility index (Phi) is 7.42. The number of benzene rings is 2. The van der Waals surface area contributed by atoms with Gasteiger partial charge >= 0.3 is 0 Å². The van der Waals surface area contributed by atoms with E-state index < -0.39 is 38.1 Å². The lowest BCUT2D eigenvalue weighted by molar-refractivity contribution is -0.122. The predicted octanol–water partition coefficient (Wildman–Crippen LogP) is 3.58. The molecule has 4 rings (SSSR count). The minimum absolute atomic E-state index is 0.0345. The van der Waals surface area contributed by atoms with E-state index in [1.807, 2.05) is 58.0 Å². The van der Waals surface area contributed by atoms with E-state index in [4.69, 9.17) is 0 Å². The van der Waals surface area contributed by atoms with Gasteiger partial charge in [0.15, 0.2) is 5.82 Å². The van der Waals surface area contributed by atoms with Crippen molar-refractivity contribution in [3.63, 3.8) is 0 Å². The third-order valence-electron chi connectivity index (χ3n) is 5.77. The minimum atomic E-state index is -4.39. The van der Waals surface area contributed by atoms with Crippen molar-refractivity contribution >= 4 is 44.1 Å². The molecule has 3 amide bonds. The first-order valence-electron chi connectivity index (χ1n) is 12.4. The highest BCUT2D eigenvalue weighted by molar-refractivity contribution is 8.08. The Morgan fingerprint density at radius 3 is 2.28 bits per heavy atom. The normalized spacial score (nSPS) is 15.7. The highest BCUT2D eigenvalue weighted by Crippen LogP contribution is 2.34. The van der Waals surface area contributed by atoms with Crippen molar-refractivity contribution in [2.24, 2.45) is 5.10 Å². The second kappa shape index (κ2) is 10.4. The van der Waals surface area contributed by atoms with Gasteiger partial charge in [0.25, 0.3) is 11.8 Å². The molecular weight excluding hydrogens is 520 g/mol. The Hall–Kier alpha value is -4.32. The van der Waals surface area contributed by atoms with Gasteiger partial charge in [-0.05, 0) is 39.3 Å². The van der Waals surface area contributed by atoms with E-state index in [2.05, 4.69) is 20.9 Å². The smallest absolute Gasteiger partial charge is 0.297 e. The molecule has 2 aromatic carbocycles. The number of imide groups is 1. The molecule has 2 N–H and O–H groups in total. The SMILES string of the molecule is CCCn1nc(NN=C2C(=O)N(C(C)=O)c3ccccc3S2(=O)=O)c(C(=O)NC(C)(C)C)c1-c1ccccc1. The van der Waals surface area contributed by atoms with Crippen molar-refractivity contribution in [3.8, 4) is 11.3 Å². The van der Waals surface area contributed by atoms with Crippen LogP contribution in [0.4, 0.5) is 11.5 Å². The molecule has 1 aliphatic rings. The van der Waals surface area contributed by atoms with E-state index in [1.54, 1.807) is 4.68 Å². The van der Waals surface area contributed by atoms with Crippen molar-refractivity contribution in [2.75, 3.05) is 10.3 Å². The molecule has 1 aromatic heterocycles. The zero-order valence-corrected chi connectivity index (χ0v) is 23.2. The molecule has 0 aliphatic carbocycles. The average molecular weight is 551 g/mol. The zero-order chi connectivity index (χ0) is 28.5. The van der Waals surface area contributed by atoms with E-state index in [-0.39, 0.29) is 22.0 Å². The number of rotatable bonds is 6. The van der Waals surface area contributed by atoms with Crippen LogP contribution in [0.2, 0.25) is 0 Å². The maximum atomic E-state index is 13.5. The van der Waals surface area contributed by atoms with Gasteiger partial charge in [0.2, 0.25) is 20.8 Å². The lowest BCUT2D eigenvalue weighted by Crippen LogP contribution is -2.47. The summed E-state index contributed by atoms with van der Waals surface area (Å²) in [5, 5.41) is 10.5. The molecule has 0 radical (unpaired) electrons. The number of nitrogens with zero attached hydrogens (tertiary/aromatic N) is 4. The Bertz CT molecular complexity index is 1590. The summed E-state index contributed by atoms with van der Waals surface area (Å²) in [6.45, 7) is 9.07. The number of fused-ring (bicyclic) bond motifs is 1. The fraction of sp³-hybridized carbons (Fsp3) is 0.296.